The second-order valence-corrected chi connectivity index (χ2v) is 5.28. The van der Waals surface area contributed by atoms with E-state index in [1.165, 1.54) is 17.0 Å². The van der Waals surface area contributed by atoms with Crippen molar-refractivity contribution in [2.24, 2.45) is 5.92 Å². The Morgan fingerprint density at radius 3 is 2.89 bits per heavy atom. The monoisotopic (exact) mass is 262 g/mol. The highest BCUT2D eigenvalue weighted by Crippen LogP contribution is 2.09. The van der Waals surface area contributed by atoms with E-state index in [9.17, 15) is 4.79 Å². The van der Waals surface area contributed by atoms with E-state index in [0.717, 1.165) is 32.4 Å². The van der Waals surface area contributed by atoms with Crippen molar-refractivity contribution < 1.29 is 14.4 Å². The van der Waals surface area contributed by atoms with Crippen molar-refractivity contribution in [3.05, 3.63) is 35.9 Å². The fraction of sp³-hybridized carbons (Fsp3) is 0.562. The molecule has 0 saturated carbocycles. The van der Waals surface area contributed by atoms with Crippen LogP contribution in [0.5, 0.6) is 0 Å². The minimum atomic E-state index is -0.000545. The van der Waals surface area contributed by atoms with Crippen molar-refractivity contribution in [2.75, 3.05) is 26.2 Å². The molecule has 1 saturated heterocycles. The molecule has 1 fully saturated rings. The first-order valence-corrected chi connectivity index (χ1v) is 7.33. The van der Waals surface area contributed by atoms with Gasteiger partial charge in [-0.2, -0.15) is 0 Å². The van der Waals surface area contributed by atoms with Crippen LogP contribution in [0.1, 0.15) is 25.3 Å². The molecule has 104 valence electrons. The van der Waals surface area contributed by atoms with Gasteiger partial charge in [0.1, 0.15) is 5.92 Å². The lowest BCUT2D eigenvalue weighted by Gasteiger charge is -2.28. The van der Waals surface area contributed by atoms with Crippen molar-refractivity contribution in [1.82, 2.24) is 0 Å². The summed E-state index contributed by atoms with van der Waals surface area (Å²) in [6, 6.07) is 10.6. The number of esters is 1. The predicted molar refractivity (Wildman–Crippen MR) is 75.1 cm³/mol. The quantitative estimate of drug-likeness (QED) is 0.805. The smallest absolute Gasteiger partial charge is 0.314 e. The molecule has 0 radical (unpaired) electrons. The topological polar surface area (TPSA) is 30.7 Å². The molecular formula is C16H24NO2+. The van der Waals surface area contributed by atoms with Crippen molar-refractivity contribution in [2.45, 2.75) is 26.2 Å². The largest absolute Gasteiger partial charge is 0.466 e. The molecule has 0 aliphatic carbocycles. The van der Waals surface area contributed by atoms with Crippen molar-refractivity contribution in [1.29, 1.82) is 0 Å². The van der Waals surface area contributed by atoms with Crippen LogP contribution in [-0.2, 0) is 16.0 Å². The third-order valence-corrected chi connectivity index (χ3v) is 3.85. The maximum Gasteiger partial charge on any atom is 0.314 e. The van der Waals surface area contributed by atoms with Crippen LogP contribution < -0.4 is 4.90 Å². The Morgan fingerprint density at radius 1 is 1.37 bits per heavy atom. The number of carbonyl (C=O) groups is 1. The normalized spacial score (nSPS) is 23.0. The number of nitrogens with one attached hydrogen (secondary N) is 1. The molecule has 2 rings (SSSR count). The third kappa shape index (κ3) is 4.35. The molecule has 1 unspecified atom stereocenters. The van der Waals surface area contributed by atoms with Crippen molar-refractivity contribution in [3.8, 4) is 0 Å². The number of hydrogen-bond acceptors (Lipinski definition) is 2. The van der Waals surface area contributed by atoms with E-state index in [1.807, 2.05) is 13.0 Å². The molecule has 1 heterocycles. The molecule has 0 spiro atoms. The minimum Gasteiger partial charge on any atom is -0.466 e. The van der Waals surface area contributed by atoms with E-state index in [2.05, 4.69) is 24.3 Å². The molecular weight excluding hydrogens is 238 g/mol. The lowest BCUT2D eigenvalue weighted by Crippen LogP contribution is -3.14. The van der Waals surface area contributed by atoms with E-state index < -0.39 is 0 Å². The maximum atomic E-state index is 11.8. The number of carbonyl (C=O) groups excluding carboxylic acids is 1. The molecule has 0 amide bonds. The van der Waals surface area contributed by atoms with Crippen LogP contribution in [0.4, 0.5) is 0 Å². The molecule has 3 nitrogen and oxygen atoms in total. The Labute approximate surface area is 115 Å². The van der Waals surface area contributed by atoms with Gasteiger partial charge in [0.2, 0.25) is 0 Å². The fourth-order valence-electron chi connectivity index (χ4n) is 2.81. The van der Waals surface area contributed by atoms with E-state index in [4.69, 9.17) is 4.74 Å². The van der Waals surface area contributed by atoms with Gasteiger partial charge in [-0.3, -0.25) is 4.79 Å². The van der Waals surface area contributed by atoms with Gasteiger partial charge < -0.3 is 9.64 Å². The lowest BCUT2D eigenvalue weighted by atomic mass is 9.98. The molecule has 19 heavy (non-hydrogen) atoms. The molecule has 1 aliphatic rings. The first-order valence-electron chi connectivity index (χ1n) is 7.33. The fourth-order valence-corrected chi connectivity index (χ4v) is 2.81. The summed E-state index contributed by atoms with van der Waals surface area (Å²) in [7, 11) is 0. The highest BCUT2D eigenvalue weighted by Gasteiger charge is 2.29. The van der Waals surface area contributed by atoms with Crippen LogP contribution >= 0.6 is 0 Å². The summed E-state index contributed by atoms with van der Waals surface area (Å²) in [4.78, 5) is 13.3. The molecule has 3 heteroatoms. The van der Waals surface area contributed by atoms with Crippen LogP contribution in [0.3, 0.4) is 0 Å². The minimum absolute atomic E-state index is 0.000545. The number of ether oxygens (including phenoxy) is 1. The summed E-state index contributed by atoms with van der Waals surface area (Å²) < 4.78 is 5.14. The number of quaternary nitrogens is 1. The summed E-state index contributed by atoms with van der Waals surface area (Å²) >= 11 is 0. The maximum absolute atomic E-state index is 11.8. The van der Waals surface area contributed by atoms with Gasteiger partial charge in [0.25, 0.3) is 0 Å². The van der Waals surface area contributed by atoms with E-state index in [0.29, 0.717) is 6.61 Å². The van der Waals surface area contributed by atoms with Gasteiger partial charge in [0.05, 0.1) is 26.2 Å². The number of benzene rings is 1. The van der Waals surface area contributed by atoms with E-state index in [-0.39, 0.29) is 11.9 Å². The second-order valence-electron chi connectivity index (χ2n) is 5.28. The molecule has 0 aromatic heterocycles. The van der Waals surface area contributed by atoms with Crippen LogP contribution in [0.15, 0.2) is 30.3 Å². The van der Waals surface area contributed by atoms with Crippen LogP contribution in [-0.4, -0.2) is 32.2 Å². The highest BCUT2D eigenvalue weighted by molar-refractivity contribution is 5.72. The van der Waals surface area contributed by atoms with Crippen LogP contribution in [0.25, 0.3) is 0 Å². The standard InChI is InChI=1S/C16H23NO2/c1-2-19-16(18)15-9-6-11-17(13-15)12-10-14-7-4-3-5-8-14/h3-5,7-8,15H,2,6,9-13H2,1H3/p+1/t15-/m1/s1. The summed E-state index contributed by atoms with van der Waals surface area (Å²) in [5.41, 5.74) is 1.38. The Bertz CT molecular complexity index is 391. The number of piperidine rings is 1. The molecule has 1 N–H and O–H groups in total. The first kappa shape index (κ1) is 14.1. The van der Waals surface area contributed by atoms with E-state index in [1.54, 1.807) is 0 Å². The number of likely N-dealkylation sites (tertiary alicyclic amines) is 1. The van der Waals surface area contributed by atoms with Gasteiger partial charge in [-0.1, -0.05) is 30.3 Å². The SMILES string of the molecule is CCOC(=O)[C@@H]1CCC[NH+](CCc2ccccc2)C1. The van der Waals surface area contributed by atoms with Gasteiger partial charge in [0.15, 0.2) is 0 Å². The van der Waals surface area contributed by atoms with Gasteiger partial charge in [-0.15, -0.1) is 0 Å². The zero-order valence-electron chi connectivity index (χ0n) is 11.7. The van der Waals surface area contributed by atoms with Gasteiger partial charge in [-0.25, -0.2) is 0 Å². The highest BCUT2D eigenvalue weighted by atomic mass is 16.5. The van der Waals surface area contributed by atoms with Crippen LogP contribution in [0, 0.1) is 5.92 Å². The van der Waals surface area contributed by atoms with Crippen LogP contribution in [0.2, 0.25) is 0 Å². The Kier molecular flexibility index (Phi) is 5.40. The second kappa shape index (κ2) is 7.29. The Balaban J connectivity index is 1.79. The summed E-state index contributed by atoms with van der Waals surface area (Å²) in [5.74, 6) is 0.110. The Hall–Kier alpha value is -1.35. The number of hydrogen-bond donors (Lipinski definition) is 1. The average molecular weight is 262 g/mol. The van der Waals surface area contributed by atoms with Crippen molar-refractivity contribution in [3.63, 3.8) is 0 Å². The van der Waals surface area contributed by atoms with Gasteiger partial charge in [0, 0.05) is 6.42 Å². The molecule has 1 aromatic rings. The molecule has 0 bridgehead atoms. The summed E-state index contributed by atoms with van der Waals surface area (Å²) in [6.07, 6.45) is 3.22. The first-order chi connectivity index (χ1) is 9.29. The van der Waals surface area contributed by atoms with Gasteiger partial charge in [-0.05, 0) is 25.3 Å². The average Bonchev–Trinajstić information content (AvgIpc) is 2.47. The zero-order chi connectivity index (χ0) is 13.5. The zero-order valence-corrected chi connectivity index (χ0v) is 11.7. The molecule has 2 atom stereocenters. The Morgan fingerprint density at radius 2 is 2.16 bits per heavy atom. The van der Waals surface area contributed by atoms with Gasteiger partial charge >= 0.3 is 5.97 Å². The predicted octanol–water partition coefficient (Wildman–Crippen LogP) is 1.09. The van der Waals surface area contributed by atoms with E-state index >= 15 is 0 Å². The number of rotatable bonds is 5. The molecule has 1 aromatic carbocycles. The molecule has 1 aliphatic heterocycles. The summed E-state index contributed by atoms with van der Waals surface area (Å²) in [5, 5.41) is 0. The third-order valence-electron chi connectivity index (χ3n) is 3.85. The lowest BCUT2D eigenvalue weighted by molar-refractivity contribution is -0.907. The summed E-state index contributed by atoms with van der Waals surface area (Å²) in [6.45, 7) is 5.60. The van der Waals surface area contributed by atoms with Crippen molar-refractivity contribution >= 4 is 5.97 Å².